The summed E-state index contributed by atoms with van der Waals surface area (Å²) in [4.78, 5) is 11.4. The fourth-order valence-corrected chi connectivity index (χ4v) is 2.06. The zero-order valence-corrected chi connectivity index (χ0v) is 11.9. The van der Waals surface area contributed by atoms with E-state index in [2.05, 4.69) is 13.8 Å². The minimum absolute atomic E-state index is 0.158. The van der Waals surface area contributed by atoms with Gasteiger partial charge in [0, 0.05) is 11.8 Å². The van der Waals surface area contributed by atoms with Crippen molar-refractivity contribution in [2.24, 2.45) is 11.7 Å². The van der Waals surface area contributed by atoms with Gasteiger partial charge in [-0.25, -0.2) is 0 Å². The maximum Gasteiger partial charge on any atom is 0.316 e. The van der Waals surface area contributed by atoms with E-state index < -0.39 is 5.60 Å². The van der Waals surface area contributed by atoms with Gasteiger partial charge < -0.3 is 10.5 Å². The number of nitrogens with two attached hydrogens (primary N) is 1. The number of thioether (sulfide) groups is 1. The summed E-state index contributed by atoms with van der Waals surface area (Å²) in [5.41, 5.74) is 5.58. The third kappa shape index (κ3) is 7.99. The van der Waals surface area contributed by atoms with E-state index in [9.17, 15) is 4.79 Å². The maximum absolute atomic E-state index is 11.4. The first-order chi connectivity index (χ1) is 7.26. The first-order valence-electron chi connectivity index (χ1n) is 5.81. The maximum atomic E-state index is 11.4. The van der Waals surface area contributed by atoms with Gasteiger partial charge in [-0.1, -0.05) is 20.3 Å². The largest absolute Gasteiger partial charge is 0.459 e. The van der Waals surface area contributed by atoms with Gasteiger partial charge in [-0.2, -0.15) is 0 Å². The van der Waals surface area contributed by atoms with Crippen molar-refractivity contribution >= 4 is 17.7 Å². The second-order valence-electron chi connectivity index (χ2n) is 5.15. The highest BCUT2D eigenvalue weighted by atomic mass is 32.2. The Morgan fingerprint density at radius 1 is 1.44 bits per heavy atom. The van der Waals surface area contributed by atoms with Crippen LogP contribution in [0.5, 0.6) is 0 Å². The van der Waals surface area contributed by atoms with Crippen molar-refractivity contribution in [1.82, 2.24) is 0 Å². The molecule has 2 N–H and O–H groups in total. The van der Waals surface area contributed by atoms with Crippen LogP contribution in [0.2, 0.25) is 0 Å². The van der Waals surface area contributed by atoms with E-state index in [0.717, 1.165) is 12.2 Å². The van der Waals surface area contributed by atoms with Crippen LogP contribution in [0.15, 0.2) is 0 Å². The molecular formula is C12H25NO2S. The van der Waals surface area contributed by atoms with Crippen LogP contribution < -0.4 is 5.73 Å². The number of hydrogen-bond donors (Lipinski definition) is 1. The Bertz CT molecular complexity index is 214. The third-order valence-electron chi connectivity index (χ3n) is 2.33. The molecule has 0 bridgehead atoms. The Labute approximate surface area is 103 Å². The molecule has 0 heterocycles. The highest BCUT2D eigenvalue weighted by Gasteiger charge is 2.17. The molecule has 0 fully saturated rings. The Morgan fingerprint density at radius 3 is 2.44 bits per heavy atom. The van der Waals surface area contributed by atoms with Gasteiger partial charge in [-0.05, 0) is 26.7 Å². The Hall–Kier alpha value is -0.220. The van der Waals surface area contributed by atoms with Crippen LogP contribution in [0.25, 0.3) is 0 Å². The average Bonchev–Trinajstić information content (AvgIpc) is 2.13. The van der Waals surface area contributed by atoms with E-state index in [-0.39, 0.29) is 12.0 Å². The molecule has 16 heavy (non-hydrogen) atoms. The molecule has 0 aromatic rings. The summed E-state index contributed by atoms with van der Waals surface area (Å²) in [5.74, 6) is 1.55. The van der Waals surface area contributed by atoms with Gasteiger partial charge in [0.15, 0.2) is 0 Å². The molecule has 0 aromatic carbocycles. The minimum atomic E-state index is -0.392. The van der Waals surface area contributed by atoms with Gasteiger partial charge in [-0.3, -0.25) is 4.79 Å². The van der Waals surface area contributed by atoms with E-state index in [0.29, 0.717) is 11.7 Å². The predicted octanol–water partition coefficient (Wildman–Crippen LogP) is 2.43. The zero-order chi connectivity index (χ0) is 12.8. The van der Waals surface area contributed by atoms with Crippen molar-refractivity contribution in [3.8, 4) is 0 Å². The molecule has 0 aliphatic carbocycles. The van der Waals surface area contributed by atoms with Crippen molar-refractivity contribution < 1.29 is 9.53 Å². The number of carbonyl (C=O) groups is 1. The summed E-state index contributed by atoms with van der Waals surface area (Å²) in [7, 11) is 0. The summed E-state index contributed by atoms with van der Waals surface area (Å²) in [6.07, 6.45) is 1.08. The summed E-state index contributed by atoms with van der Waals surface area (Å²) in [6.45, 7) is 9.89. The molecule has 0 aromatic heterocycles. The number of esters is 1. The number of ether oxygens (including phenoxy) is 1. The van der Waals surface area contributed by atoms with Crippen LogP contribution in [-0.2, 0) is 9.53 Å². The number of rotatable bonds is 6. The minimum Gasteiger partial charge on any atom is -0.459 e. The highest BCUT2D eigenvalue weighted by Crippen LogP contribution is 2.13. The van der Waals surface area contributed by atoms with Crippen molar-refractivity contribution in [3.63, 3.8) is 0 Å². The van der Waals surface area contributed by atoms with Gasteiger partial charge in [-0.15, -0.1) is 11.8 Å². The van der Waals surface area contributed by atoms with E-state index in [1.165, 1.54) is 0 Å². The number of carbonyl (C=O) groups excluding carboxylic acids is 1. The van der Waals surface area contributed by atoms with Gasteiger partial charge in [0.05, 0.1) is 5.75 Å². The van der Waals surface area contributed by atoms with Crippen LogP contribution in [0, 0.1) is 5.92 Å². The molecule has 0 spiro atoms. The lowest BCUT2D eigenvalue weighted by Crippen LogP contribution is -2.31. The van der Waals surface area contributed by atoms with Crippen LogP contribution in [0.4, 0.5) is 0 Å². The Kier molecular flexibility index (Phi) is 7.07. The van der Waals surface area contributed by atoms with Crippen LogP contribution in [0.3, 0.4) is 0 Å². The van der Waals surface area contributed by atoms with Gasteiger partial charge >= 0.3 is 5.97 Å². The molecule has 0 saturated heterocycles. The van der Waals surface area contributed by atoms with Crippen molar-refractivity contribution in [1.29, 1.82) is 0 Å². The molecule has 0 amide bonds. The quantitative estimate of drug-likeness (QED) is 0.732. The molecule has 3 nitrogen and oxygen atoms in total. The van der Waals surface area contributed by atoms with E-state index in [1.807, 2.05) is 20.8 Å². The summed E-state index contributed by atoms with van der Waals surface area (Å²) < 4.78 is 5.21. The first-order valence-corrected chi connectivity index (χ1v) is 6.97. The standard InChI is InChI=1S/C12H25NO2S/c1-6-9(2)10(13)7-16-8-11(14)15-12(3,4)5/h9-10H,6-8,13H2,1-5H3. The molecule has 2 unspecified atom stereocenters. The molecule has 96 valence electrons. The van der Waals surface area contributed by atoms with E-state index >= 15 is 0 Å². The van der Waals surface area contributed by atoms with E-state index in [1.54, 1.807) is 11.8 Å². The topological polar surface area (TPSA) is 52.3 Å². The zero-order valence-electron chi connectivity index (χ0n) is 11.1. The predicted molar refractivity (Wildman–Crippen MR) is 70.6 cm³/mol. The molecule has 0 aliphatic rings. The molecular weight excluding hydrogens is 222 g/mol. The molecule has 0 saturated carbocycles. The average molecular weight is 247 g/mol. The molecule has 2 atom stereocenters. The Balaban J connectivity index is 3.70. The second-order valence-corrected chi connectivity index (χ2v) is 6.18. The van der Waals surface area contributed by atoms with Gasteiger partial charge in [0.25, 0.3) is 0 Å². The number of hydrogen-bond acceptors (Lipinski definition) is 4. The van der Waals surface area contributed by atoms with Crippen LogP contribution in [-0.4, -0.2) is 29.1 Å². The normalized spacial score (nSPS) is 15.6. The van der Waals surface area contributed by atoms with Crippen molar-refractivity contribution in [2.45, 2.75) is 52.7 Å². The first kappa shape index (κ1) is 15.8. The fraction of sp³-hybridized carbons (Fsp3) is 0.917. The van der Waals surface area contributed by atoms with Crippen LogP contribution in [0.1, 0.15) is 41.0 Å². The SMILES string of the molecule is CCC(C)C(N)CSCC(=O)OC(C)(C)C. The lowest BCUT2D eigenvalue weighted by Gasteiger charge is -2.20. The van der Waals surface area contributed by atoms with Gasteiger partial charge in [0.1, 0.15) is 5.60 Å². The molecule has 4 heteroatoms. The Morgan fingerprint density at radius 2 is 2.00 bits per heavy atom. The summed E-state index contributed by atoms with van der Waals surface area (Å²) in [6, 6.07) is 0.164. The van der Waals surface area contributed by atoms with E-state index in [4.69, 9.17) is 10.5 Å². The van der Waals surface area contributed by atoms with Crippen molar-refractivity contribution in [2.75, 3.05) is 11.5 Å². The second kappa shape index (κ2) is 7.17. The third-order valence-corrected chi connectivity index (χ3v) is 3.39. The lowest BCUT2D eigenvalue weighted by molar-refractivity contribution is -0.151. The smallest absolute Gasteiger partial charge is 0.316 e. The molecule has 0 rings (SSSR count). The fourth-order valence-electron chi connectivity index (χ4n) is 1.12. The summed E-state index contributed by atoms with van der Waals surface area (Å²) in [5, 5.41) is 0. The highest BCUT2D eigenvalue weighted by molar-refractivity contribution is 7.99. The van der Waals surface area contributed by atoms with Crippen LogP contribution >= 0.6 is 11.8 Å². The van der Waals surface area contributed by atoms with Gasteiger partial charge in [0.2, 0.25) is 0 Å². The molecule has 0 radical (unpaired) electrons. The van der Waals surface area contributed by atoms with Crippen molar-refractivity contribution in [3.05, 3.63) is 0 Å². The monoisotopic (exact) mass is 247 g/mol. The summed E-state index contributed by atoms with van der Waals surface area (Å²) >= 11 is 1.55. The molecule has 0 aliphatic heterocycles. The lowest BCUT2D eigenvalue weighted by atomic mass is 10.0.